The molecule has 234 valence electrons. The number of nitrogens with one attached hydrogen (secondary N) is 4. The molecular weight excluding hydrogens is 594 g/mol. The zero-order valence-corrected chi connectivity index (χ0v) is 25.7. The van der Waals surface area contributed by atoms with Gasteiger partial charge in [0.15, 0.2) is 0 Å². The number of allylic oxidation sites excluding steroid dienone is 1. The maximum absolute atomic E-state index is 13.4. The highest BCUT2D eigenvalue weighted by molar-refractivity contribution is 7.20. The van der Waals surface area contributed by atoms with E-state index < -0.39 is 35.5 Å². The van der Waals surface area contributed by atoms with E-state index in [2.05, 4.69) is 21.3 Å². The lowest BCUT2D eigenvalue weighted by atomic mass is 9.54. The Balaban J connectivity index is 1.15. The molecule has 0 unspecified atom stereocenters. The first kappa shape index (κ1) is 30.4. The molecule has 4 aliphatic carbocycles. The van der Waals surface area contributed by atoms with Crippen molar-refractivity contribution < 1.29 is 24.0 Å². The quantitative estimate of drug-likeness (QED) is 0.200. The van der Waals surface area contributed by atoms with Crippen molar-refractivity contribution in [2.24, 2.45) is 23.7 Å². The second kappa shape index (κ2) is 12.8. The molecule has 1 aromatic carbocycles. The van der Waals surface area contributed by atoms with Crippen LogP contribution in [0.1, 0.15) is 48.2 Å². The van der Waals surface area contributed by atoms with Crippen LogP contribution in [0.2, 0.25) is 0 Å². The Labute approximate surface area is 263 Å². The molecule has 0 aliphatic heterocycles. The van der Waals surface area contributed by atoms with E-state index in [9.17, 15) is 28.8 Å². The Morgan fingerprint density at radius 1 is 0.933 bits per heavy atom. The van der Waals surface area contributed by atoms with Gasteiger partial charge in [-0.05, 0) is 91.5 Å². The second-order valence-electron chi connectivity index (χ2n) is 12.3. The molecule has 45 heavy (non-hydrogen) atoms. The number of rotatable bonds is 10. The third kappa shape index (κ3) is 6.60. The summed E-state index contributed by atoms with van der Waals surface area (Å²) in [7, 11) is 1.31. The Morgan fingerprint density at radius 3 is 2.33 bits per heavy atom. The molecule has 2 heterocycles. The van der Waals surface area contributed by atoms with Gasteiger partial charge in [-0.15, -0.1) is 11.3 Å². The number of fused-ring (bicyclic) bond motifs is 1. The number of benzene rings is 1. The van der Waals surface area contributed by atoms with Crippen molar-refractivity contribution >= 4 is 56.5 Å². The van der Waals surface area contributed by atoms with Crippen molar-refractivity contribution in [3.05, 3.63) is 75.7 Å². The monoisotopic (exact) mass is 629 g/mol. The first-order valence-electron chi connectivity index (χ1n) is 15.2. The van der Waals surface area contributed by atoms with Crippen LogP contribution in [0.4, 0.5) is 5.69 Å². The summed E-state index contributed by atoms with van der Waals surface area (Å²) < 4.78 is 2.11. The lowest BCUT2D eigenvalue weighted by Gasteiger charge is -2.54. The molecule has 4 N–H and O–H groups in total. The van der Waals surface area contributed by atoms with Gasteiger partial charge in [-0.2, -0.15) is 0 Å². The van der Waals surface area contributed by atoms with Crippen molar-refractivity contribution in [2.45, 2.75) is 51.1 Å². The van der Waals surface area contributed by atoms with E-state index in [1.165, 1.54) is 41.6 Å². The van der Waals surface area contributed by atoms with E-state index in [4.69, 9.17) is 0 Å². The fourth-order valence-corrected chi connectivity index (χ4v) is 8.36. The number of anilines is 1. The minimum Gasteiger partial charge on any atom is -0.353 e. The minimum atomic E-state index is -0.859. The van der Waals surface area contributed by atoms with Crippen LogP contribution in [0, 0.1) is 23.7 Å². The highest BCUT2D eigenvalue weighted by Crippen LogP contribution is 2.53. The van der Waals surface area contributed by atoms with Crippen LogP contribution in [0.15, 0.2) is 65.2 Å². The van der Waals surface area contributed by atoms with E-state index >= 15 is 0 Å². The Bertz CT molecular complexity index is 1710. The van der Waals surface area contributed by atoms with Crippen LogP contribution in [0.5, 0.6) is 0 Å². The van der Waals surface area contributed by atoms with E-state index in [-0.39, 0.29) is 29.9 Å². The number of hydrogen-bond acceptors (Lipinski definition) is 7. The molecule has 4 bridgehead atoms. The van der Waals surface area contributed by atoms with Crippen LogP contribution in [-0.2, 0) is 25.7 Å². The van der Waals surface area contributed by atoms with Gasteiger partial charge in [-0.3, -0.25) is 28.8 Å². The van der Waals surface area contributed by atoms with Crippen molar-refractivity contribution in [2.75, 3.05) is 12.4 Å². The predicted molar refractivity (Wildman–Crippen MR) is 169 cm³/mol. The highest BCUT2D eigenvalue weighted by atomic mass is 32.1. The summed E-state index contributed by atoms with van der Waals surface area (Å²) in [6.45, 7) is -0.197. The molecule has 4 amide bonds. The summed E-state index contributed by atoms with van der Waals surface area (Å²) >= 11 is 1.23. The summed E-state index contributed by atoms with van der Waals surface area (Å²) in [5.41, 5.74) is -1.00. The SMILES string of the molecule is CNC(=O)C(=O)C/C=C(/NC(=O)c1cc2ccccc2s1)C(=O)Nc1cccn(CC(=O)NC2C3CC4CC(C3)CC2C4)c1=O. The van der Waals surface area contributed by atoms with E-state index in [1.807, 2.05) is 24.3 Å². The first-order chi connectivity index (χ1) is 21.7. The molecule has 7 rings (SSSR count). The Kier molecular flexibility index (Phi) is 8.66. The number of pyridine rings is 1. The zero-order chi connectivity index (χ0) is 31.7. The van der Waals surface area contributed by atoms with Gasteiger partial charge in [0.25, 0.3) is 23.3 Å². The molecule has 0 saturated heterocycles. The predicted octanol–water partition coefficient (Wildman–Crippen LogP) is 2.96. The molecular formula is C33H35N5O6S. The zero-order valence-electron chi connectivity index (χ0n) is 24.8. The number of aromatic nitrogens is 1. The normalized spacial score (nSPS) is 23.4. The lowest BCUT2D eigenvalue weighted by molar-refractivity contribution is -0.137. The Hall–Kier alpha value is -4.58. The second-order valence-corrected chi connectivity index (χ2v) is 13.3. The van der Waals surface area contributed by atoms with Gasteiger partial charge in [0, 0.05) is 30.4 Å². The number of nitrogens with zero attached hydrogens (tertiary/aromatic N) is 1. The molecule has 11 nitrogen and oxygen atoms in total. The van der Waals surface area contributed by atoms with Gasteiger partial charge in [-0.1, -0.05) is 18.2 Å². The summed E-state index contributed by atoms with van der Waals surface area (Å²) in [5, 5.41) is 11.3. The van der Waals surface area contributed by atoms with Crippen LogP contribution >= 0.6 is 11.3 Å². The third-order valence-electron chi connectivity index (χ3n) is 9.25. The summed E-state index contributed by atoms with van der Waals surface area (Å²) in [4.78, 5) is 77.1. The molecule has 0 radical (unpaired) electrons. The average molecular weight is 630 g/mol. The van der Waals surface area contributed by atoms with Gasteiger partial charge in [-0.25, -0.2) is 0 Å². The smallest absolute Gasteiger partial charge is 0.287 e. The molecule has 0 spiro atoms. The van der Waals surface area contributed by atoms with E-state index in [0.29, 0.717) is 16.7 Å². The topological polar surface area (TPSA) is 155 Å². The largest absolute Gasteiger partial charge is 0.353 e. The van der Waals surface area contributed by atoms with Gasteiger partial charge < -0.3 is 25.8 Å². The van der Waals surface area contributed by atoms with Crippen LogP contribution < -0.4 is 26.8 Å². The summed E-state index contributed by atoms with van der Waals surface area (Å²) in [5.74, 6) is -0.809. The van der Waals surface area contributed by atoms with Gasteiger partial charge in [0.2, 0.25) is 11.7 Å². The average Bonchev–Trinajstić information content (AvgIpc) is 3.46. The fraction of sp³-hybridized carbons (Fsp3) is 0.394. The minimum absolute atomic E-state index is 0.107. The third-order valence-corrected chi connectivity index (χ3v) is 10.4. The van der Waals surface area contributed by atoms with Crippen LogP contribution in [-0.4, -0.2) is 47.1 Å². The number of Topliss-reactive ketones (excluding diaryl/α,β-unsaturated/α-hetero) is 1. The summed E-state index contributed by atoms with van der Waals surface area (Å²) in [6, 6.07) is 12.2. The van der Waals surface area contributed by atoms with Gasteiger partial charge in [0.1, 0.15) is 17.9 Å². The molecule has 4 saturated carbocycles. The first-order valence-corrected chi connectivity index (χ1v) is 16.0. The van der Waals surface area contributed by atoms with E-state index in [0.717, 1.165) is 53.7 Å². The Morgan fingerprint density at radius 2 is 1.64 bits per heavy atom. The van der Waals surface area contributed by atoms with Crippen molar-refractivity contribution in [1.82, 2.24) is 20.5 Å². The number of carbonyl (C=O) groups is 5. The number of hydrogen-bond donors (Lipinski definition) is 4. The van der Waals surface area contributed by atoms with Crippen LogP contribution in [0.3, 0.4) is 0 Å². The molecule has 3 aromatic rings. The molecule has 12 heteroatoms. The van der Waals surface area contributed by atoms with Crippen molar-refractivity contribution in [3.8, 4) is 0 Å². The number of thiophene rings is 1. The summed E-state index contributed by atoms with van der Waals surface area (Å²) in [6.07, 6.45) is 8.10. The van der Waals surface area contributed by atoms with E-state index in [1.54, 1.807) is 12.1 Å². The molecule has 4 aliphatic rings. The lowest BCUT2D eigenvalue weighted by Crippen LogP contribution is -2.56. The maximum atomic E-state index is 13.4. The molecule has 0 atom stereocenters. The number of amides is 4. The molecule has 2 aromatic heterocycles. The number of likely N-dealkylation sites (N-methyl/N-ethyl adjacent to an activating group) is 1. The van der Waals surface area contributed by atoms with Crippen LogP contribution in [0.25, 0.3) is 10.1 Å². The molecule has 4 fully saturated rings. The number of carbonyl (C=O) groups excluding carboxylic acids is 5. The number of ketones is 1. The van der Waals surface area contributed by atoms with Gasteiger partial charge in [0.05, 0.1) is 4.88 Å². The fourth-order valence-electron chi connectivity index (χ4n) is 7.40. The van der Waals surface area contributed by atoms with Gasteiger partial charge >= 0.3 is 0 Å². The maximum Gasteiger partial charge on any atom is 0.287 e. The van der Waals surface area contributed by atoms with Crippen molar-refractivity contribution in [3.63, 3.8) is 0 Å². The highest BCUT2D eigenvalue weighted by Gasteiger charge is 2.48. The standard InChI is InChI=1S/C33H35N5O6S/c1-34-31(42)25(39)9-8-23(35-32(43)27-16-20-5-2-3-7-26(20)45-27)30(41)36-24-6-4-10-38(33(24)44)17-28(40)37-29-21-12-18-11-19(14-21)15-22(29)13-18/h2-8,10,16,18-19,21-22,29H,9,11-15,17H2,1H3,(H,34,42)(H,35,43)(H,36,41)(H,37,40)/b23-8+. The van der Waals surface area contributed by atoms with Crippen molar-refractivity contribution in [1.29, 1.82) is 0 Å².